The molecule has 5 nitrogen and oxygen atoms in total. The van der Waals surface area contributed by atoms with Gasteiger partial charge in [-0.15, -0.1) is 0 Å². The molecule has 0 radical (unpaired) electrons. The fraction of sp³-hybridized carbons (Fsp3) is 0.0526. The van der Waals surface area contributed by atoms with Gasteiger partial charge in [-0.2, -0.15) is 8.42 Å². The molecule has 0 heterocycles. The molecule has 1 unspecified atom stereocenters. The molecule has 0 aromatic heterocycles. The van der Waals surface area contributed by atoms with E-state index in [1.807, 2.05) is 0 Å². The Labute approximate surface area is 186 Å². The van der Waals surface area contributed by atoms with Crippen molar-refractivity contribution < 1.29 is 23.2 Å². The van der Waals surface area contributed by atoms with Crippen molar-refractivity contribution in [1.82, 2.24) is 0 Å². The van der Waals surface area contributed by atoms with E-state index in [0.29, 0.717) is 0 Å². The molecule has 3 N–H and O–H groups in total. The highest BCUT2D eigenvalue weighted by atomic mass is 35.5. The van der Waals surface area contributed by atoms with Gasteiger partial charge in [0, 0.05) is 10.6 Å². The maximum Gasteiger partial charge on any atom is 0.283 e. The summed E-state index contributed by atoms with van der Waals surface area (Å²) in [5.74, 6) is -0.695. The number of aromatic hydroxyl groups is 2. The lowest BCUT2D eigenvalue weighted by Gasteiger charge is -2.33. The van der Waals surface area contributed by atoms with Crippen molar-refractivity contribution in [2.75, 3.05) is 0 Å². The van der Waals surface area contributed by atoms with E-state index in [1.165, 1.54) is 42.5 Å². The SMILES string of the molecule is O=S(=O)(O)C(c1cccc(O)c1)(c1ccc(Cl)c(O)c1)c1cc(Cl)cc(Cl)c1Cl. The molecule has 0 bridgehead atoms. The van der Waals surface area contributed by atoms with Crippen LogP contribution in [0.5, 0.6) is 11.5 Å². The second-order valence-electron chi connectivity index (χ2n) is 6.12. The van der Waals surface area contributed by atoms with E-state index in [0.717, 1.165) is 12.1 Å². The van der Waals surface area contributed by atoms with Crippen LogP contribution < -0.4 is 0 Å². The predicted molar refractivity (Wildman–Crippen MR) is 114 cm³/mol. The van der Waals surface area contributed by atoms with E-state index in [4.69, 9.17) is 46.4 Å². The molecule has 0 fully saturated rings. The van der Waals surface area contributed by atoms with Crippen LogP contribution in [-0.4, -0.2) is 23.2 Å². The highest BCUT2D eigenvalue weighted by Gasteiger charge is 2.50. The lowest BCUT2D eigenvalue weighted by atomic mass is 9.83. The molecule has 29 heavy (non-hydrogen) atoms. The third-order valence-electron chi connectivity index (χ3n) is 4.36. The van der Waals surface area contributed by atoms with Gasteiger partial charge in [-0.25, -0.2) is 0 Å². The fourth-order valence-electron chi connectivity index (χ4n) is 3.18. The maximum atomic E-state index is 13.0. The summed E-state index contributed by atoms with van der Waals surface area (Å²) >= 11 is 24.4. The monoisotopic (exact) mass is 492 g/mol. The number of hydrogen-bond donors (Lipinski definition) is 3. The molecule has 0 amide bonds. The van der Waals surface area contributed by atoms with Gasteiger partial charge in [-0.3, -0.25) is 4.55 Å². The zero-order valence-corrected chi connectivity index (χ0v) is 18.1. The molecule has 10 heteroatoms. The highest BCUT2D eigenvalue weighted by molar-refractivity contribution is 7.87. The zero-order chi connectivity index (χ0) is 21.6. The Kier molecular flexibility index (Phi) is 5.98. The number of benzene rings is 3. The number of hydrogen-bond acceptors (Lipinski definition) is 4. The number of rotatable bonds is 4. The van der Waals surface area contributed by atoms with Gasteiger partial charge in [0.25, 0.3) is 10.1 Å². The van der Waals surface area contributed by atoms with Gasteiger partial charge in [-0.05, 0) is 47.5 Å². The summed E-state index contributed by atoms with van der Waals surface area (Å²) in [6, 6.07) is 11.4. The number of phenolic OH excluding ortho intramolecular Hbond substituents is 2. The quantitative estimate of drug-likeness (QED) is 0.239. The summed E-state index contributed by atoms with van der Waals surface area (Å²) < 4.78 is 34.0. The summed E-state index contributed by atoms with van der Waals surface area (Å²) in [4.78, 5) is 0. The average Bonchev–Trinajstić information content (AvgIpc) is 2.61. The van der Waals surface area contributed by atoms with E-state index in [-0.39, 0.29) is 42.5 Å². The predicted octanol–water partition coefficient (Wildman–Crippen LogP) is 5.89. The van der Waals surface area contributed by atoms with Crippen LogP contribution in [-0.2, 0) is 14.9 Å². The van der Waals surface area contributed by atoms with Crippen molar-refractivity contribution in [2.24, 2.45) is 0 Å². The van der Waals surface area contributed by atoms with Gasteiger partial charge in [0.2, 0.25) is 0 Å². The molecule has 0 saturated heterocycles. The largest absolute Gasteiger partial charge is 0.508 e. The molecule has 0 spiro atoms. The van der Waals surface area contributed by atoms with Crippen LogP contribution in [0.1, 0.15) is 16.7 Å². The second kappa shape index (κ2) is 7.87. The molecule has 0 aliphatic rings. The van der Waals surface area contributed by atoms with Crippen LogP contribution in [0.25, 0.3) is 0 Å². The molecular formula is C19H12Cl4O5S. The standard InChI is InChI=1S/C19H12Cl4O5S/c20-12-8-14(18(23)16(22)9-12)19(29(26,27)28,10-2-1-3-13(24)6-10)11-4-5-15(21)17(25)7-11/h1-9,24-25H,(H,26,27,28). The minimum absolute atomic E-state index is 0.0379. The first-order valence-electron chi connectivity index (χ1n) is 7.89. The van der Waals surface area contributed by atoms with Gasteiger partial charge < -0.3 is 10.2 Å². The van der Waals surface area contributed by atoms with Crippen molar-refractivity contribution in [2.45, 2.75) is 4.75 Å². The van der Waals surface area contributed by atoms with E-state index >= 15 is 0 Å². The topological polar surface area (TPSA) is 94.8 Å². The van der Waals surface area contributed by atoms with Gasteiger partial charge >= 0.3 is 0 Å². The van der Waals surface area contributed by atoms with Crippen LogP contribution in [0, 0.1) is 0 Å². The summed E-state index contributed by atoms with van der Waals surface area (Å²) in [5, 5.41) is 19.9. The first kappa shape index (κ1) is 22.0. The van der Waals surface area contributed by atoms with Gasteiger partial charge in [0.05, 0.1) is 15.1 Å². The summed E-state index contributed by atoms with van der Waals surface area (Å²) in [6.07, 6.45) is 0. The lowest BCUT2D eigenvalue weighted by Crippen LogP contribution is -2.38. The average molecular weight is 494 g/mol. The Morgan fingerprint density at radius 1 is 0.793 bits per heavy atom. The highest BCUT2D eigenvalue weighted by Crippen LogP contribution is 2.50. The van der Waals surface area contributed by atoms with Crippen LogP contribution in [0.15, 0.2) is 54.6 Å². The summed E-state index contributed by atoms with van der Waals surface area (Å²) in [7, 11) is -5.06. The van der Waals surface area contributed by atoms with Crippen molar-refractivity contribution in [3.8, 4) is 11.5 Å². The molecule has 0 saturated carbocycles. The Morgan fingerprint density at radius 2 is 1.45 bits per heavy atom. The molecule has 3 rings (SSSR count). The second-order valence-corrected chi connectivity index (χ2v) is 9.31. The van der Waals surface area contributed by atoms with Crippen molar-refractivity contribution >= 4 is 56.5 Å². The van der Waals surface area contributed by atoms with Crippen molar-refractivity contribution in [1.29, 1.82) is 0 Å². The maximum absolute atomic E-state index is 13.0. The minimum atomic E-state index is -5.06. The van der Waals surface area contributed by atoms with Crippen molar-refractivity contribution in [3.05, 3.63) is 91.4 Å². The number of halogens is 4. The molecule has 1 atom stereocenters. The molecule has 152 valence electrons. The van der Waals surface area contributed by atoms with E-state index in [2.05, 4.69) is 0 Å². The molecule has 3 aromatic carbocycles. The Morgan fingerprint density at radius 3 is 2.03 bits per heavy atom. The first-order chi connectivity index (χ1) is 13.5. The molecular weight excluding hydrogens is 482 g/mol. The minimum Gasteiger partial charge on any atom is -0.508 e. The van der Waals surface area contributed by atoms with E-state index < -0.39 is 20.6 Å². The number of phenols is 2. The third-order valence-corrected chi connectivity index (χ3v) is 7.17. The Balaban J connectivity index is 2.60. The van der Waals surface area contributed by atoms with E-state index in [9.17, 15) is 23.2 Å². The normalized spacial score (nSPS) is 13.8. The van der Waals surface area contributed by atoms with Crippen LogP contribution in [0.3, 0.4) is 0 Å². The van der Waals surface area contributed by atoms with Gasteiger partial charge in [0.15, 0.2) is 4.75 Å². The summed E-state index contributed by atoms with van der Waals surface area (Å²) in [6.45, 7) is 0. The van der Waals surface area contributed by atoms with Gasteiger partial charge in [0.1, 0.15) is 11.5 Å². The van der Waals surface area contributed by atoms with Crippen LogP contribution in [0.2, 0.25) is 20.1 Å². The molecule has 3 aromatic rings. The zero-order valence-electron chi connectivity index (χ0n) is 14.3. The summed E-state index contributed by atoms with van der Waals surface area (Å²) in [5.41, 5.74) is -0.346. The smallest absolute Gasteiger partial charge is 0.283 e. The Hall–Kier alpha value is -1.67. The van der Waals surface area contributed by atoms with E-state index in [1.54, 1.807) is 0 Å². The Bertz CT molecular complexity index is 1210. The molecule has 0 aliphatic heterocycles. The van der Waals surface area contributed by atoms with Gasteiger partial charge in [-0.1, -0.05) is 64.6 Å². The molecule has 0 aliphatic carbocycles. The fourth-order valence-corrected chi connectivity index (χ4v) is 5.39. The third kappa shape index (κ3) is 3.77. The van der Waals surface area contributed by atoms with Crippen LogP contribution in [0.4, 0.5) is 0 Å². The van der Waals surface area contributed by atoms with Crippen molar-refractivity contribution in [3.63, 3.8) is 0 Å². The lowest BCUT2D eigenvalue weighted by molar-refractivity contribution is 0.455. The van der Waals surface area contributed by atoms with Crippen LogP contribution >= 0.6 is 46.4 Å². The first-order valence-corrected chi connectivity index (χ1v) is 10.8.